The van der Waals surface area contributed by atoms with Crippen LogP contribution in [0.1, 0.15) is 66.7 Å². The van der Waals surface area contributed by atoms with Crippen molar-refractivity contribution in [2.45, 2.75) is 77.9 Å². The normalized spacial score (nSPS) is 30.4. The van der Waals surface area contributed by atoms with E-state index >= 15 is 0 Å². The Kier molecular flexibility index (Phi) is 3.94. The zero-order valence-electron chi connectivity index (χ0n) is 12.6. The van der Waals surface area contributed by atoms with Crippen LogP contribution in [0.4, 0.5) is 0 Å². The van der Waals surface area contributed by atoms with Gasteiger partial charge in [0.2, 0.25) is 0 Å². The summed E-state index contributed by atoms with van der Waals surface area (Å²) in [5.74, 6) is 0.876. The Morgan fingerprint density at radius 2 is 1.83 bits per heavy atom. The molecule has 0 aromatic carbocycles. The third-order valence-corrected chi connectivity index (χ3v) is 4.81. The highest BCUT2D eigenvalue weighted by atomic mass is 16.7. The summed E-state index contributed by atoms with van der Waals surface area (Å²) in [6.07, 6.45) is 8.65. The van der Waals surface area contributed by atoms with Gasteiger partial charge in [0.25, 0.3) is 0 Å². The van der Waals surface area contributed by atoms with Crippen LogP contribution in [0.3, 0.4) is 0 Å². The van der Waals surface area contributed by atoms with Crippen molar-refractivity contribution in [2.75, 3.05) is 0 Å². The lowest BCUT2D eigenvalue weighted by atomic mass is 9.70. The summed E-state index contributed by atoms with van der Waals surface area (Å²) >= 11 is 0. The summed E-state index contributed by atoms with van der Waals surface area (Å²) in [7, 11) is -0.113. The van der Waals surface area contributed by atoms with Gasteiger partial charge in [-0.25, -0.2) is 0 Å². The second-order valence-electron chi connectivity index (χ2n) is 6.80. The minimum Gasteiger partial charge on any atom is -0.400 e. The molecule has 0 saturated carbocycles. The second-order valence-corrected chi connectivity index (χ2v) is 6.80. The van der Waals surface area contributed by atoms with Crippen molar-refractivity contribution in [3.05, 3.63) is 11.5 Å². The standard InChI is InChI=1S/C15H27BO2/c1-6-7-12-8-10-13(11-9-12)16-17-14(2,3)15(4,5)18-16/h10,12H,6-9,11H2,1-5H3/t12-/m1/s1. The van der Waals surface area contributed by atoms with Crippen molar-refractivity contribution in [3.8, 4) is 0 Å². The average Bonchev–Trinajstić information content (AvgIpc) is 2.50. The molecule has 0 N–H and O–H groups in total. The fourth-order valence-corrected chi connectivity index (χ4v) is 2.79. The van der Waals surface area contributed by atoms with Crippen LogP contribution in [0.5, 0.6) is 0 Å². The minimum atomic E-state index is -0.210. The van der Waals surface area contributed by atoms with Crippen LogP contribution in [-0.2, 0) is 9.31 Å². The number of hydrogen-bond acceptors (Lipinski definition) is 2. The molecule has 1 heterocycles. The highest BCUT2D eigenvalue weighted by molar-refractivity contribution is 6.54. The second kappa shape index (κ2) is 5.01. The lowest BCUT2D eigenvalue weighted by molar-refractivity contribution is 0.00578. The Labute approximate surface area is 112 Å². The fraction of sp³-hybridized carbons (Fsp3) is 0.867. The maximum atomic E-state index is 6.11. The highest BCUT2D eigenvalue weighted by Gasteiger charge is 2.52. The molecule has 2 nitrogen and oxygen atoms in total. The van der Waals surface area contributed by atoms with E-state index in [4.69, 9.17) is 9.31 Å². The molecule has 0 amide bonds. The van der Waals surface area contributed by atoms with E-state index in [1.165, 1.54) is 31.2 Å². The van der Waals surface area contributed by atoms with Gasteiger partial charge in [-0.15, -0.1) is 0 Å². The van der Waals surface area contributed by atoms with Crippen LogP contribution < -0.4 is 0 Å². The van der Waals surface area contributed by atoms with E-state index in [2.05, 4.69) is 40.7 Å². The topological polar surface area (TPSA) is 18.5 Å². The van der Waals surface area contributed by atoms with Crippen molar-refractivity contribution < 1.29 is 9.31 Å². The summed E-state index contributed by atoms with van der Waals surface area (Å²) in [5.41, 5.74) is 0.943. The summed E-state index contributed by atoms with van der Waals surface area (Å²) in [6.45, 7) is 10.8. The van der Waals surface area contributed by atoms with Crippen molar-refractivity contribution in [1.82, 2.24) is 0 Å². The third-order valence-electron chi connectivity index (χ3n) is 4.81. The van der Waals surface area contributed by atoms with Crippen LogP contribution in [0.2, 0.25) is 0 Å². The molecular formula is C15H27BO2. The smallest absolute Gasteiger partial charge is 0.400 e. The lowest BCUT2D eigenvalue weighted by Gasteiger charge is -2.32. The molecule has 0 bridgehead atoms. The molecule has 0 unspecified atom stereocenters. The first-order valence-electron chi connectivity index (χ1n) is 7.40. The van der Waals surface area contributed by atoms with E-state index in [-0.39, 0.29) is 18.3 Å². The summed E-state index contributed by atoms with van der Waals surface area (Å²) < 4.78 is 12.2. The Bertz CT molecular complexity index is 317. The van der Waals surface area contributed by atoms with Crippen molar-refractivity contribution in [3.63, 3.8) is 0 Å². The van der Waals surface area contributed by atoms with Crippen LogP contribution in [0.15, 0.2) is 11.5 Å². The third kappa shape index (κ3) is 2.67. The maximum Gasteiger partial charge on any atom is 0.490 e. The van der Waals surface area contributed by atoms with Gasteiger partial charge in [0.15, 0.2) is 0 Å². The molecule has 0 spiro atoms. The first-order valence-corrected chi connectivity index (χ1v) is 7.40. The fourth-order valence-electron chi connectivity index (χ4n) is 2.79. The minimum absolute atomic E-state index is 0.113. The molecule has 0 aromatic rings. The molecule has 2 rings (SSSR count). The van der Waals surface area contributed by atoms with E-state index in [1.54, 1.807) is 0 Å². The monoisotopic (exact) mass is 250 g/mol. The first-order chi connectivity index (χ1) is 8.36. The number of rotatable bonds is 3. The van der Waals surface area contributed by atoms with Gasteiger partial charge in [-0.3, -0.25) is 0 Å². The van der Waals surface area contributed by atoms with Gasteiger partial charge in [-0.1, -0.05) is 25.8 Å². The van der Waals surface area contributed by atoms with Gasteiger partial charge in [0.05, 0.1) is 11.2 Å². The van der Waals surface area contributed by atoms with E-state index in [1.807, 2.05) is 0 Å². The first kappa shape index (κ1) is 14.1. The predicted molar refractivity (Wildman–Crippen MR) is 76.4 cm³/mol. The molecular weight excluding hydrogens is 223 g/mol. The molecule has 3 heteroatoms. The molecule has 0 radical (unpaired) electrons. The van der Waals surface area contributed by atoms with E-state index in [0.29, 0.717) is 0 Å². The molecule has 0 aromatic heterocycles. The Balaban J connectivity index is 1.99. The summed E-state index contributed by atoms with van der Waals surface area (Å²) in [6, 6.07) is 0. The molecule has 1 aliphatic heterocycles. The van der Waals surface area contributed by atoms with Gasteiger partial charge in [-0.05, 0) is 58.3 Å². The maximum absolute atomic E-state index is 6.11. The van der Waals surface area contributed by atoms with Gasteiger partial charge >= 0.3 is 7.12 Å². The highest BCUT2D eigenvalue weighted by Crippen LogP contribution is 2.40. The van der Waals surface area contributed by atoms with Crippen molar-refractivity contribution >= 4 is 7.12 Å². The van der Waals surface area contributed by atoms with Crippen molar-refractivity contribution in [2.24, 2.45) is 5.92 Å². The molecule has 1 atom stereocenters. The zero-order chi connectivity index (χ0) is 13.4. The average molecular weight is 250 g/mol. The summed E-state index contributed by atoms with van der Waals surface area (Å²) in [4.78, 5) is 0. The Hall–Kier alpha value is -0.275. The van der Waals surface area contributed by atoms with Gasteiger partial charge < -0.3 is 9.31 Å². The summed E-state index contributed by atoms with van der Waals surface area (Å²) in [5, 5.41) is 0. The molecule has 2 aliphatic rings. The largest absolute Gasteiger partial charge is 0.490 e. The van der Waals surface area contributed by atoms with Crippen LogP contribution in [0, 0.1) is 5.92 Å². The van der Waals surface area contributed by atoms with Gasteiger partial charge in [-0.2, -0.15) is 0 Å². The predicted octanol–water partition coefficient (Wildman–Crippen LogP) is 4.14. The number of hydrogen-bond donors (Lipinski definition) is 0. The Morgan fingerprint density at radius 3 is 2.28 bits per heavy atom. The zero-order valence-corrected chi connectivity index (χ0v) is 12.6. The SMILES string of the molecule is CCC[C@@H]1CC=C(B2OC(C)(C)C(C)(C)O2)CC1. The van der Waals surface area contributed by atoms with E-state index in [0.717, 1.165) is 12.3 Å². The van der Waals surface area contributed by atoms with Crippen molar-refractivity contribution in [1.29, 1.82) is 0 Å². The quantitative estimate of drug-likeness (QED) is 0.700. The molecule has 1 fully saturated rings. The molecule has 102 valence electrons. The van der Waals surface area contributed by atoms with E-state index < -0.39 is 0 Å². The van der Waals surface area contributed by atoms with Crippen LogP contribution >= 0.6 is 0 Å². The van der Waals surface area contributed by atoms with Gasteiger partial charge in [0, 0.05) is 0 Å². The molecule has 1 aliphatic carbocycles. The van der Waals surface area contributed by atoms with Gasteiger partial charge in [0.1, 0.15) is 0 Å². The number of allylic oxidation sites excluding steroid dienone is 2. The molecule has 1 saturated heterocycles. The molecule has 18 heavy (non-hydrogen) atoms. The van der Waals surface area contributed by atoms with Crippen LogP contribution in [-0.4, -0.2) is 18.3 Å². The lowest BCUT2D eigenvalue weighted by Crippen LogP contribution is -2.41. The van der Waals surface area contributed by atoms with Crippen LogP contribution in [0.25, 0.3) is 0 Å². The Morgan fingerprint density at radius 1 is 1.22 bits per heavy atom. The van der Waals surface area contributed by atoms with E-state index in [9.17, 15) is 0 Å².